The zero-order valence-corrected chi connectivity index (χ0v) is 18.4. The van der Waals surface area contributed by atoms with Crippen LogP contribution in [0.1, 0.15) is 29.5 Å². The molecule has 0 saturated carbocycles. The van der Waals surface area contributed by atoms with Gasteiger partial charge in [0.05, 0.1) is 7.11 Å². The maximum absolute atomic E-state index is 13.5. The predicted molar refractivity (Wildman–Crippen MR) is 128 cm³/mol. The molecule has 0 bridgehead atoms. The summed E-state index contributed by atoms with van der Waals surface area (Å²) in [7, 11) is 1.65. The molecule has 1 aliphatic rings. The van der Waals surface area contributed by atoms with E-state index in [-0.39, 0.29) is 11.3 Å². The summed E-state index contributed by atoms with van der Waals surface area (Å²) in [5.74, 6) is 0.714. The Bertz CT molecular complexity index is 1040. The van der Waals surface area contributed by atoms with Crippen LogP contribution in [0.5, 0.6) is 5.75 Å². The number of rotatable bonds is 7. The monoisotopic (exact) mass is 427 g/mol. The molecule has 3 aromatic carbocycles. The Morgan fingerprint density at radius 3 is 2.19 bits per heavy atom. The highest BCUT2D eigenvalue weighted by Gasteiger charge is 2.35. The fourth-order valence-electron chi connectivity index (χ4n) is 4.23. The van der Waals surface area contributed by atoms with Gasteiger partial charge in [-0.25, -0.2) is 0 Å². The van der Waals surface area contributed by atoms with Crippen LogP contribution in [-0.2, 0) is 14.9 Å². The van der Waals surface area contributed by atoms with Crippen LogP contribution in [0.2, 0.25) is 0 Å². The van der Waals surface area contributed by atoms with Crippen molar-refractivity contribution in [3.63, 3.8) is 0 Å². The summed E-state index contributed by atoms with van der Waals surface area (Å²) in [6.45, 7) is 1.99. The molecule has 0 aliphatic carbocycles. The molecule has 0 radical (unpaired) electrons. The van der Waals surface area contributed by atoms with E-state index in [1.807, 2.05) is 66.7 Å². The second-order valence-electron chi connectivity index (χ2n) is 8.14. The second kappa shape index (κ2) is 10.3. The van der Waals surface area contributed by atoms with Gasteiger partial charge in [-0.3, -0.25) is 4.79 Å². The van der Waals surface area contributed by atoms with E-state index in [2.05, 4.69) is 29.6 Å². The molecule has 1 amide bonds. The molecule has 1 aliphatic heterocycles. The molecule has 1 N–H and O–H groups in total. The van der Waals surface area contributed by atoms with Crippen LogP contribution < -0.4 is 10.1 Å². The summed E-state index contributed by atoms with van der Waals surface area (Å²) in [6.07, 6.45) is 3.71. The van der Waals surface area contributed by atoms with Crippen LogP contribution >= 0.6 is 0 Å². The fourth-order valence-corrected chi connectivity index (χ4v) is 4.23. The first-order chi connectivity index (χ1) is 15.7. The number of benzene rings is 3. The van der Waals surface area contributed by atoms with Crippen molar-refractivity contribution in [2.45, 2.75) is 18.3 Å². The maximum atomic E-state index is 13.5. The molecule has 1 fully saturated rings. The standard InChI is InChI=1S/C28H29NO3/c1-31-25-14-12-22(13-15-25)20-26(23-8-4-2-5-9-23)27(30)29-21-28(16-18-32-19-17-28)24-10-6-3-7-11-24/h2-15,20H,16-19,21H2,1H3,(H,29,30)/b26-20+. The SMILES string of the molecule is COc1ccc(/C=C(/C(=O)NCC2(c3ccccc3)CCOCC2)c2ccccc2)cc1. The minimum atomic E-state index is -0.114. The lowest BCUT2D eigenvalue weighted by atomic mass is 9.74. The third kappa shape index (κ3) is 5.09. The van der Waals surface area contributed by atoms with E-state index < -0.39 is 0 Å². The number of methoxy groups -OCH3 is 1. The molecule has 0 atom stereocenters. The second-order valence-corrected chi connectivity index (χ2v) is 8.14. The Balaban J connectivity index is 1.60. The van der Waals surface area contributed by atoms with Crippen LogP contribution in [-0.4, -0.2) is 32.8 Å². The normalized spacial score (nSPS) is 15.7. The first kappa shape index (κ1) is 21.8. The molecular weight excluding hydrogens is 398 g/mol. The Morgan fingerprint density at radius 2 is 1.56 bits per heavy atom. The molecule has 4 rings (SSSR count). The highest BCUT2D eigenvalue weighted by Crippen LogP contribution is 2.34. The zero-order chi connectivity index (χ0) is 22.2. The van der Waals surface area contributed by atoms with Crippen molar-refractivity contribution in [3.8, 4) is 5.75 Å². The van der Waals surface area contributed by atoms with Gasteiger partial charge < -0.3 is 14.8 Å². The van der Waals surface area contributed by atoms with Crippen LogP contribution in [0.4, 0.5) is 0 Å². The molecule has 0 unspecified atom stereocenters. The Hall–Kier alpha value is -3.37. The van der Waals surface area contributed by atoms with Gasteiger partial charge in [-0.05, 0) is 47.7 Å². The maximum Gasteiger partial charge on any atom is 0.251 e. The number of nitrogens with one attached hydrogen (secondary N) is 1. The quantitative estimate of drug-likeness (QED) is 0.422. The van der Waals surface area contributed by atoms with Crippen LogP contribution in [0.15, 0.2) is 84.9 Å². The molecule has 164 valence electrons. The van der Waals surface area contributed by atoms with Crippen molar-refractivity contribution in [2.75, 3.05) is 26.9 Å². The Labute approximate surface area is 189 Å². The van der Waals surface area contributed by atoms with E-state index in [0.717, 1.165) is 29.7 Å². The van der Waals surface area contributed by atoms with E-state index in [0.29, 0.717) is 25.3 Å². The van der Waals surface area contributed by atoms with Gasteiger partial charge >= 0.3 is 0 Å². The number of carbonyl (C=O) groups excluding carboxylic acids is 1. The summed E-state index contributed by atoms with van der Waals surface area (Å²) in [6, 6.07) is 28.0. The Kier molecular flexibility index (Phi) is 7.03. The Morgan fingerprint density at radius 1 is 0.938 bits per heavy atom. The van der Waals surface area contributed by atoms with E-state index in [1.165, 1.54) is 5.56 Å². The largest absolute Gasteiger partial charge is 0.497 e. The molecule has 1 heterocycles. The molecule has 32 heavy (non-hydrogen) atoms. The molecular formula is C28H29NO3. The smallest absolute Gasteiger partial charge is 0.251 e. The summed E-state index contributed by atoms with van der Waals surface area (Å²) >= 11 is 0. The summed E-state index contributed by atoms with van der Waals surface area (Å²) in [4.78, 5) is 13.5. The lowest BCUT2D eigenvalue weighted by Gasteiger charge is -2.38. The van der Waals surface area contributed by atoms with Crippen molar-refractivity contribution in [1.29, 1.82) is 0 Å². The van der Waals surface area contributed by atoms with Gasteiger partial charge in [0.15, 0.2) is 0 Å². The van der Waals surface area contributed by atoms with Crippen molar-refractivity contribution >= 4 is 17.6 Å². The molecule has 4 nitrogen and oxygen atoms in total. The molecule has 4 heteroatoms. The van der Waals surface area contributed by atoms with E-state index in [9.17, 15) is 4.79 Å². The third-order valence-electron chi connectivity index (χ3n) is 6.18. The van der Waals surface area contributed by atoms with E-state index in [1.54, 1.807) is 7.11 Å². The number of carbonyl (C=O) groups is 1. The van der Waals surface area contributed by atoms with Gasteiger partial charge in [0.2, 0.25) is 0 Å². The third-order valence-corrected chi connectivity index (χ3v) is 6.18. The summed E-state index contributed by atoms with van der Waals surface area (Å²) < 4.78 is 10.9. The number of hydrogen-bond donors (Lipinski definition) is 1. The van der Waals surface area contributed by atoms with Gasteiger partial charge in [-0.1, -0.05) is 72.8 Å². The van der Waals surface area contributed by atoms with Crippen molar-refractivity contribution in [1.82, 2.24) is 5.32 Å². The first-order valence-electron chi connectivity index (χ1n) is 11.0. The van der Waals surface area contributed by atoms with Gasteiger partial charge in [-0.2, -0.15) is 0 Å². The average Bonchev–Trinajstić information content (AvgIpc) is 2.88. The van der Waals surface area contributed by atoms with Crippen molar-refractivity contribution < 1.29 is 14.3 Å². The topological polar surface area (TPSA) is 47.6 Å². The van der Waals surface area contributed by atoms with Gasteiger partial charge in [-0.15, -0.1) is 0 Å². The molecule has 3 aromatic rings. The van der Waals surface area contributed by atoms with E-state index >= 15 is 0 Å². The predicted octanol–water partition coefficient (Wildman–Crippen LogP) is 5.10. The van der Waals surface area contributed by atoms with Crippen molar-refractivity contribution in [2.24, 2.45) is 0 Å². The number of amides is 1. The van der Waals surface area contributed by atoms with Crippen LogP contribution in [0.3, 0.4) is 0 Å². The van der Waals surface area contributed by atoms with E-state index in [4.69, 9.17) is 9.47 Å². The highest BCUT2D eigenvalue weighted by molar-refractivity contribution is 6.24. The van der Waals surface area contributed by atoms with Crippen LogP contribution in [0.25, 0.3) is 11.6 Å². The fraction of sp³-hybridized carbons (Fsp3) is 0.250. The van der Waals surface area contributed by atoms with Crippen LogP contribution in [0, 0.1) is 0 Å². The molecule has 0 spiro atoms. The zero-order valence-electron chi connectivity index (χ0n) is 18.4. The minimum absolute atomic E-state index is 0.0752. The van der Waals surface area contributed by atoms with Gasteiger partial charge in [0.25, 0.3) is 5.91 Å². The highest BCUT2D eigenvalue weighted by atomic mass is 16.5. The number of ether oxygens (including phenoxy) is 2. The molecule has 1 saturated heterocycles. The lowest BCUT2D eigenvalue weighted by Crippen LogP contribution is -2.44. The minimum Gasteiger partial charge on any atom is -0.497 e. The number of hydrogen-bond acceptors (Lipinski definition) is 3. The van der Waals surface area contributed by atoms with Crippen molar-refractivity contribution in [3.05, 3.63) is 102 Å². The first-order valence-corrected chi connectivity index (χ1v) is 11.0. The lowest BCUT2D eigenvalue weighted by molar-refractivity contribution is -0.116. The summed E-state index contributed by atoms with van der Waals surface area (Å²) in [5, 5.41) is 3.25. The molecule has 0 aromatic heterocycles. The average molecular weight is 428 g/mol. The van der Waals surface area contributed by atoms with Gasteiger partial charge in [0.1, 0.15) is 5.75 Å². The summed E-state index contributed by atoms with van der Waals surface area (Å²) in [5.41, 5.74) is 3.62. The van der Waals surface area contributed by atoms with Gasteiger partial charge in [0, 0.05) is 30.7 Å².